The second kappa shape index (κ2) is 7.70. The van der Waals surface area contributed by atoms with E-state index in [2.05, 4.69) is 106 Å². The van der Waals surface area contributed by atoms with Crippen molar-refractivity contribution in [3.05, 3.63) is 113 Å². The molecule has 0 amide bonds. The highest BCUT2D eigenvalue weighted by molar-refractivity contribution is 5.45. The minimum atomic E-state index is 0.134. The summed E-state index contributed by atoms with van der Waals surface area (Å²) in [5, 5.41) is 0. The molecule has 0 nitrogen and oxygen atoms in total. The van der Waals surface area contributed by atoms with Gasteiger partial charge in [-0.3, -0.25) is 0 Å². The van der Waals surface area contributed by atoms with Gasteiger partial charge in [0.05, 0.1) is 0 Å². The summed E-state index contributed by atoms with van der Waals surface area (Å²) in [5.41, 5.74) is 5.71. The Labute approximate surface area is 152 Å². The van der Waals surface area contributed by atoms with E-state index < -0.39 is 0 Å². The Balaban J connectivity index is 1.99. The van der Waals surface area contributed by atoms with Gasteiger partial charge in [-0.25, -0.2) is 0 Å². The average molecular weight is 327 g/mol. The van der Waals surface area contributed by atoms with Gasteiger partial charge in [0.25, 0.3) is 0 Å². The molecule has 1 radical (unpaired) electrons. The molecule has 0 spiro atoms. The van der Waals surface area contributed by atoms with Crippen LogP contribution in [-0.2, 0) is 18.3 Å². The number of hydrogen-bond donors (Lipinski definition) is 0. The van der Waals surface area contributed by atoms with Crippen molar-refractivity contribution in [3.63, 3.8) is 0 Å². The first-order valence-electron chi connectivity index (χ1n) is 9.06. The van der Waals surface area contributed by atoms with E-state index >= 15 is 0 Å². The second-order valence-electron chi connectivity index (χ2n) is 7.72. The van der Waals surface area contributed by atoms with Crippen LogP contribution in [0, 0.1) is 5.92 Å². The van der Waals surface area contributed by atoms with E-state index in [1.165, 1.54) is 28.2 Å². The molecule has 0 unspecified atom stereocenters. The van der Waals surface area contributed by atoms with Gasteiger partial charge >= 0.3 is 0 Å². The van der Waals surface area contributed by atoms with Crippen LogP contribution in [0.15, 0.2) is 84.9 Å². The van der Waals surface area contributed by atoms with E-state index in [9.17, 15) is 0 Å². The van der Waals surface area contributed by atoms with Crippen LogP contribution in [0.25, 0.3) is 0 Å². The van der Waals surface area contributed by atoms with Crippen molar-refractivity contribution in [2.24, 2.45) is 0 Å². The van der Waals surface area contributed by atoms with Crippen LogP contribution in [0.5, 0.6) is 0 Å². The van der Waals surface area contributed by atoms with Crippen LogP contribution in [0.1, 0.15) is 43.0 Å². The molecule has 0 aliphatic rings. The molecule has 3 rings (SSSR count). The molecular weight excluding hydrogens is 300 g/mol. The van der Waals surface area contributed by atoms with Crippen LogP contribution >= 0.6 is 0 Å². The van der Waals surface area contributed by atoms with Crippen LogP contribution in [0.3, 0.4) is 0 Å². The Morgan fingerprint density at radius 2 is 1.04 bits per heavy atom. The predicted octanol–water partition coefficient (Wildman–Crippen LogP) is 6.39. The van der Waals surface area contributed by atoms with Crippen molar-refractivity contribution in [2.45, 2.75) is 39.0 Å². The maximum Gasteiger partial charge on any atom is 0.0140 e. The minimum Gasteiger partial charge on any atom is -0.0622 e. The molecule has 0 N–H and O–H groups in total. The molecule has 0 saturated heterocycles. The molecule has 0 atom stereocenters. The first-order chi connectivity index (χ1) is 12.0. The van der Waals surface area contributed by atoms with Crippen molar-refractivity contribution in [1.82, 2.24) is 0 Å². The summed E-state index contributed by atoms with van der Waals surface area (Å²) in [4.78, 5) is 0. The molecule has 0 heteroatoms. The summed E-state index contributed by atoms with van der Waals surface area (Å²) in [6, 6.07) is 30.5. The molecule has 3 aromatic rings. The summed E-state index contributed by atoms with van der Waals surface area (Å²) >= 11 is 0. The van der Waals surface area contributed by atoms with Crippen LogP contribution < -0.4 is 0 Å². The summed E-state index contributed by atoms with van der Waals surface area (Å²) < 4.78 is 0. The van der Waals surface area contributed by atoms with E-state index in [-0.39, 0.29) is 5.41 Å². The van der Waals surface area contributed by atoms with Crippen LogP contribution in [0.2, 0.25) is 0 Å². The largest absolute Gasteiger partial charge is 0.0622 e. The first-order valence-corrected chi connectivity index (χ1v) is 9.06. The minimum absolute atomic E-state index is 0.134. The molecule has 0 aromatic heterocycles. The Kier molecular flexibility index (Phi) is 5.38. The summed E-state index contributed by atoms with van der Waals surface area (Å²) in [6.07, 6.45) is 1.98. The molecule has 0 saturated carbocycles. The van der Waals surface area contributed by atoms with Crippen LogP contribution in [-0.4, -0.2) is 0 Å². The molecule has 0 aliphatic heterocycles. The molecule has 0 heterocycles. The van der Waals surface area contributed by atoms with Crippen molar-refractivity contribution in [2.75, 3.05) is 0 Å². The molecule has 0 aliphatic carbocycles. The van der Waals surface area contributed by atoms with E-state index in [4.69, 9.17) is 0 Å². The Morgan fingerprint density at radius 3 is 1.52 bits per heavy atom. The maximum atomic E-state index is 2.30. The van der Waals surface area contributed by atoms with Gasteiger partial charge in [0.2, 0.25) is 0 Å². The zero-order valence-corrected chi connectivity index (χ0v) is 15.5. The predicted molar refractivity (Wildman–Crippen MR) is 108 cm³/mol. The van der Waals surface area contributed by atoms with Gasteiger partial charge in [-0.15, -0.1) is 0 Å². The van der Waals surface area contributed by atoms with E-state index in [0.29, 0.717) is 0 Å². The molecule has 25 heavy (non-hydrogen) atoms. The maximum absolute atomic E-state index is 2.30. The first kappa shape index (κ1) is 17.5. The Hall–Kier alpha value is -2.34. The Bertz CT molecular complexity index is 738. The lowest BCUT2D eigenvalue weighted by molar-refractivity contribution is 0.582. The van der Waals surface area contributed by atoms with Gasteiger partial charge in [-0.1, -0.05) is 106 Å². The van der Waals surface area contributed by atoms with Gasteiger partial charge in [0, 0.05) is 5.92 Å². The normalized spacial score (nSPS) is 11.7. The highest BCUT2D eigenvalue weighted by Gasteiger charge is 2.23. The number of hydrogen-bond acceptors (Lipinski definition) is 0. The lowest BCUT2D eigenvalue weighted by Crippen LogP contribution is -2.18. The van der Waals surface area contributed by atoms with E-state index in [0.717, 1.165) is 12.8 Å². The average Bonchev–Trinajstić information content (AvgIpc) is 2.62. The van der Waals surface area contributed by atoms with E-state index in [1.54, 1.807) is 0 Å². The zero-order chi connectivity index (χ0) is 17.7. The SMILES string of the molecule is CC(C)(C)c1ccccc1[C](Cc1ccccc1)Cc1ccccc1. The lowest BCUT2D eigenvalue weighted by atomic mass is 9.77. The number of rotatable bonds is 5. The topological polar surface area (TPSA) is 0 Å². The van der Waals surface area contributed by atoms with Gasteiger partial charge in [-0.05, 0) is 40.5 Å². The molecule has 0 fully saturated rings. The van der Waals surface area contributed by atoms with Gasteiger partial charge in [0.1, 0.15) is 0 Å². The van der Waals surface area contributed by atoms with Crippen molar-refractivity contribution in [1.29, 1.82) is 0 Å². The lowest BCUT2D eigenvalue weighted by Gasteiger charge is -2.27. The number of benzene rings is 3. The van der Waals surface area contributed by atoms with Gasteiger partial charge in [-0.2, -0.15) is 0 Å². The van der Waals surface area contributed by atoms with Crippen LogP contribution in [0.4, 0.5) is 0 Å². The molecule has 3 aromatic carbocycles. The second-order valence-corrected chi connectivity index (χ2v) is 7.72. The third-order valence-corrected chi connectivity index (χ3v) is 4.64. The standard InChI is InChI=1S/C25H27/c1-25(2,3)24-17-11-10-16-23(24)22(18-20-12-6-4-7-13-20)19-21-14-8-5-9-15-21/h4-17H,18-19H2,1-3H3. The zero-order valence-electron chi connectivity index (χ0n) is 15.5. The fourth-order valence-corrected chi connectivity index (χ4v) is 3.38. The monoisotopic (exact) mass is 327 g/mol. The molecule has 0 bridgehead atoms. The summed E-state index contributed by atoms with van der Waals surface area (Å²) in [5.74, 6) is 1.49. The van der Waals surface area contributed by atoms with Crippen molar-refractivity contribution in [3.8, 4) is 0 Å². The fourth-order valence-electron chi connectivity index (χ4n) is 3.38. The summed E-state index contributed by atoms with van der Waals surface area (Å²) in [7, 11) is 0. The van der Waals surface area contributed by atoms with Gasteiger partial charge in [0.15, 0.2) is 0 Å². The van der Waals surface area contributed by atoms with Crippen molar-refractivity contribution >= 4 is 0 Å². The third-order valence-electron chi connectivity index (χ3n) is 4.64. The highest BCUT2D eigenvalue weighted by Crippen LogP contribution is 2.33. The smallest absolute Gasteiger partial charge is 0.0140 e. The summed E-state index contributed by atoms with van der Waals surface area (Å²) in [6.45, 7) is 6.90. The van der Waals surface area contributed by atoms with Crippen molar-refractivity contribution < 1.29 is 0 Å². The Morgan fingerprint density at radius 1 is 0.600 bits per heavy atom. The molecular formula is C25H27. The van der Waals surface area contributed by atoms with Gasteiger partial charge < -0.3 is 0 Å². The fraction of sp³-hybridized carbons (Fsp3) is 0.240. The quantitative estimate of drug-likeness (QED) is 0.509. The highest BCUT2D eigenvalue weighted by atomic mass is 14.3. The third kappa shape index (κ3) is 4.60. The molecule has 127 valence electrons. The van der Waals surface area contributed by atoms with E-state index in [1.807, 2.05) is 0 Å².